The lowest BCUT2D eigenvalue weighted by Crippen LogP contribution is -2.32. The molecule has 6 nitrogen and oxygen atoms in total. The first-order valence-electron chi connectivity index (χ1n) is 6.57. The molecule has 1 aliphatic rings. The van der Waals surface area contributed by atoms with Gasteiger partial charge in [-0.05, 0) is 17.7 Å². The number of para-hydroxylation sites is 1. The SMILES string of the molecule is COc1ccc(-c2cccc3c2OS(=O)(=O)NC3)cc1OC. The molecule has 0 saturated carbocycles. The minimum atomic E-state index is -3.76. The van der Waals surface area contributed by atoms with E-state index in [0.717, 1.165) is 11.1 Å². The summed E-state index contributed by atoms with van der Waals surface area (Å²) in [6.45, 7) is 0.207. The van der Waals surface area contributed by atoms with Gasteiger partial charge in [-0.15, -0.1) is 0 Å². The Hall–Kier alpha value is -2.25. The average molecular weight is 321 g/mol. The van der Waals surface area contributed by atoms with Crippen LogP contribution in [-0.2, 0) is 16.8 Å². The molecule has 2 aromatic rings. The molecule has 22 heavy (non-hydrogen) atoms. The van der Waals surface area contributed by atoms with Crippen molar-refractivity contribution < 1.29 is 22.1 Å². The van der Waals surface area contributed by atoms with Crippen molar-refractivity contribution in [2.45, 2.75) is 6.54 Å². The Morgan fingerprint density at radius 3 is 2.59 bits per heavy atom. The number of methoxy groups -OCH3 is 2. The first-order chi connectivity index (χ1) is 10.5. The number of hydrogen-bond acceptors (Lipinski definition) is 5. The smallest absolute Gasteiger partial charge is 0.382 e. The number of ether oxygens (including phenoxy) is 2. The zero-order valence-corrected chi connectivity index (χ0v) is 12.9. The second kappa shape index (κ2) is 5.51. The van der Waals surface area contributed by atoms with Crippen molar-refractivity contribution >= 4 is 10.3 Å². The highest BCUT2D eigenvalue weighted by Crippen LogP contribution is 2.39. The maximum absolute atomic E-state index is 11.6. The first-order valence-corrected chi connectivity index (χ1v) is 7.98. The normalized spacial score (nSPS) is 15.5. The van der Waals surface area contributed by atoms with E-state index < -0.39 is 10.3 Å². The molecule has 0 spiro atoms. The van der Waals surface area contributed by atoms with Crippen molar-refractivity contribution in [3.8, 4) is 28.4 Å². The maximum atomic E-state index is 11.6. The summed E-state index contributed by atoms with van der Waals surface area (Å²) in [4.78, 5) is 0. The summed E-state index contributed by atoms with van der Waals surface area (Å²) in [7, 11) is -0.654. The molecule has 7 heteroatoms. The van der Waals surface area contributed by atoms with Crippen LogP contribution in [0.4, 0.5) is 0 Å². The molecular weight excluding hydrogens is 306 g/mol. The van der Waals surface area contributed by atoms with Gasteiger partial charge in [0.25, 0.3) is 0 Å². The number of fused-ring (bicyclic) bond motifs is 1. The van der Waals surface area contributed by atoms with E-state index in [9.17, 15) is 8.42 Å². The quantitative estimate of drug-likeness (QED) is 0.937. The van der Waals surface area contributed by atoms with Crippen LogP contribution in [-0.4, -0.2) is 22.6 Å². The van der Waals surface area contributed by atoms with E-state index in [1.165, 1.54) is 0 Å². The maximum Gasteiger partial charge on any atom is 0.382 e. The van der Waals surface area contributed by atoms with E-state index in [1.54, 1.807) is 32.4 Å². The highest BCUT2D eigenvalue weighted by Gasteiger charge is 2.25. The molecule has 0 amide bonds. The summed E-state index contributed by atoms with van der Waals surface area (Å²) in [6.07, 6.45) is 0. The van der Waals surface area contributed by atoms with Gasteiger partial charge < -0.3 is 13.7 Å². The summed E-state index contributed by atoms with van der Waals surface area (Å²) < 4.78 is 41.2. The third kappa shape index (κ3) is 2.60. The van der Waals surface area contributed by atoms with Crippen molar-refractivity contribution in [1.82, 2.24) is 4.72 Å². The molecule has 3 rings (SSSR count). The topological polar surface area (TPSA) is 73.9 Å². The zero-order chi connectivity index (χ0) is 15.7. The van der Waals surface area contributed by atoms with E-state index in [1.807, 2.05) is 18.2 Å². The van der Waals surface area contributed by atoms with Gasteiger partial charge in [0.2, 0.25) is 0 Å². The fraction of sp³-hybridized carbons (Fsp3) is 0.200. The third-order valence-corrected chi connectivity index (χ3v) is 4.31. The van der Waals surface area contributed by atoms with Crippen LogP contribution < -0.4 is 18.4 Å². The van der Waals surface area contributed by atoms with Crippen LogP contribution in [0.15, 0.2) is 36.4 Å². The number of benzene rings is 2. The zero-order valence-electron chi connectivity index (χ0n) is 12.1. The van der Waals surface area contributed by atoms with Gasteiger partial charge in [0, 0.05) is 17.7 Å². The summed E-state index contributed by atoms with van der Waals surface area (Å²) in [5.41, 5.74) is 2.25. The van der Waals surface area contributed by atoms with Crippen LogP contribution in [0.25, 0.3) is 11.1 Å². The minimum absolute atomic E-state index is 0.207. The lowest BCUT2D eigenvalue weighted by Gasteiger charge is -2.21. The van der Waals surface area contributed by atoms with Crippen molar-refractivity contribution in [1.29, 1.82) is 0 Å². The Balaban J connectivity index is 2.14. The number of nitrogens with one attached hydrogen (secondary N) is 1. The van der Waals surface area contributed by atoms with Gasteiger partial charge in [0.05, 0.1) is 14.2 Å². The predicted octanol–water partition coefficient (Wildman–Crippen LogP) is 2.10. The largest absolute Gasteiger partial charge is 0.493 e. The fourth-order valence-electron chi connectivity index (χ4n) is 2.36. The Bertz CT molecular complexity index is 817. The van der Waals surface area contributed by atoms with Gasteiger partial charge in [-0.2, -0.15) is 13.1 Å². The van der Waals surface area contributed by atoms with Crippen LogP contribution in [0.1, 0.15) is 5.56 Å². The molecule has 0 aromatic heterocycles. The Labute approximate surface area is 128 Å². The molecule has 0 aliphatic carbocycles. The van der Waals surface area contributed by atoms with Crippen molar-refractivity contribution in [3.05, 3.63) is 42.0 Å². The van der Waals surface area contributed by atoms with Crippen molar-refractivity contribution in [3.63, 3.8) is 0 Å². The van der Waals surface area contributed by atoms with Crippen LogP contribution >= 0.6 is 0 Å². The molecule has 1 aliphatic heterocycles. The minimum Gasteiger partial charge on any atom is -0.493 e. The molecule has 0 fully saturated rings. The molecule has 0 unspecified atom stereocenters. The molecule has 0 bridgehead atoms. The Morgan fingerprint density at radius 1 is 1.09 bits per heavy atom. The van der Waals surface area contributed by atoms with Crippen molar-refractivity contribution in [2.24, 2.45) is 0 Å². The van der Waals surface area contributed by atoms with E-state index in [-0.39, 0.29) is 6.54 Å². The van der Waals surface area contributed by atoms with Gasteiger partial charge in [0.15, 0.2) is 17.2 Å². The molecule has 1 heterocycles. The predicted molar refractivity (Wildman–Crippen MR) is 81.4 cm³/mol. The summed E-state index contributed by atoms with van der Waals surface area (Å²) in [5, 5.41) is 0. The number of hydrogen-bond donors (Lipinski definition) is 1. The van der Waals surface area contributed by atoms with E-state index in [4.69, 9.17) is 13.7 Å². The molecule has 0 radical (unpaired) electrons. The molecule has 0 atom stereocenters. The van der Waals surface area contributed by atoms with Crippen molar-refractivity contribution in [2.75, 3.05) is 14.2 Å². The molecule has 2 aromatic carbocycles. The third-order valence-electron chi connectivity index (χ3n) is 3.42. The van der Waals surface area contributed by atoms with Crippen LogP contribution in [0, 0.1) is 0 Å². The van der Waals surface area contributed by atoms with Crippen LogP contribution in [0.2, 0.25) is 0 Å². The molecule has 1 N–H and O–H groups in total. The average Bonchev–Trinajstić information content (AvgIpc) is 2.52. The molecule has 116 valence electrons. The van der Waals surface area contributed by atoms with Crippen LogP contribution in [0.5, 0.6) is 17.2 Å². The standard InChI is InChI=1S/C15H15NO5S/c1-19-13-7-6-10(8-14(13)20-2)12-5-3-4-11-9-16-22(17,18)21-15(11)12/h3-8,16H,9H2,1-2H3. The lowest BCUT2D eigenvalue weighted by atomic mass is 10.0. The lowest BCUT2D eigenvalue weighted by molar-refractivity contribution is 0.355. The highest BCUT2D eigenvalue weighted by molar-refractivity contribution is 7.85. The summed E-state index contributed by atoms with van der Waals surface area (Å²) >= 11 is 0. The Morgan fingerprint density at radius 2 is 1.86 bits per heavy atom. The Kier molecular flexibility index (Phi) is 3.67. The van der Waals surface area contributed by atoms with E-state index in [0.29, 0.717) is 22.8 Å². The second-order valence-electron chi connectivity index (χ2n) is 4.72. The fourth-order valence-corrected chi connectivity index (χ4v) is 3.17. The summed E-state index contributed by atoms with van der Waals surface area (Å²) in [6, 6.07) is 10.9. The van der Waals surface area contributed by atoms with E-state index in [2.05, 4.69) is 4.72 Å². The van der Waals surface area contributed by atoms with Gasteiger partial charge in [-0.25, -0.2) is 0 Å². The number of rotatable bonds is 3. The highest BCUT2D eigenvalue weighted by atomic mass is 32.2. The second-order valence-corrected chi connectivity index (χ2v) is 6.09. The monoisotopic (exact) mass is 321 g/mol. The van der Waals surface area contributed by atoms with Gasteiger partial charge >= 0.3 is 10.3 Å². The van der Waals surface area contributed by atoms with E-state index >= 15 is 0 Å². The van der Waals surface area contributed by atoms with Gasteiger partial charge in [-0.1, -0.05) is 24.3 Å². The van der Waals surface area contributed by atoms with Gasteiger partial charge in [-0.3, -0.25) is 0 Å². The van der Waals surface area contributed by atoms with Crippen LogP contribution in [0.3, 0.4) is 0 Å². The molecule has 0 saturated heterocycles. The van der Waals surface area contributed by atoms with Gasteiger partial charge in [0.1, 0.15) is 0 Å². The summed E-state index contributed by atoms with van der Waals surface area (Å²) in [5.74, 6) is 1.51. The first kappa shape index (κ1) is 14.7. The molecular formula is C15H15NO5S.